The predicted octanol–water partition coefficient (Wildman–Crippen LogP) is 1.28. The molecule has 0 radical (unpaired) electrons. The number of aromatic nitrogens is 4. The van der Waals surface area contributed by atoms with Crippen molar-refractivity contribution in [2.24, 2.45) is 0 Å². The van der Waals surface area contributed by atoms with Gasteiger partial charge >= 0.3 is 0 Å². The lowest BCUT2D eigenvalue weighted by atomic mass is 10.2. The second kappa shape index (κ2) is 2.26. The molecular weight excluding hydrogens is 165 g/mol. The molecule has 13 heavy (non-hydrogen) atoms. The van der Waals surface area contributed by atoms with Crippen molar-refractivity contribution in [3.63, 3.8) is 0 Å². The summed E-state index contributed by atoms with van der Waals surface area (Å²) in [5.74, 6) is 0. The van der Waals surface area contributed by atoms with Crippen molar-refractivity contribution in [1.82, 2.24) is 20.0 Å². The van der Waals surface area contributed by atoms with Crippen LogP contribution >= 0.6 is 0 Å². The highest BCUT2D eigenvalue weighted by molar-refractivity contribution is 5.81. The van der Waals surface area contributed by atoms with Gasteiger partial charge in [-0.3, -0.25) is 0 Å². The van der Waals surface area contributed by atoms with Crippen molar-refractivity contribution in [2.45, 2.75) is 0 Å². The monoisotopic (exact) mass is 171 g/mol. The quantitative estimate of drug-likeness (QED) is 0.511. The van der Waals surface area contributed by atoms with E-state index in [1.165, 1.54) is 0 Å². The second-order valence-electron chi connectivity index (χ2n) is 2.84. The molecule has 3 aromatic rings. The maximum atomic E-state index is 3.90. The van der Waals surface area contributed by atoms with Gasteiger partial charge in [0.15, 0.2) is 5.65 Å². The van der Waals surface area contributed by atoms with Gasteiger partial charge in [0.25, 0.3) is 0 Å². The summed E-state index contributed by atoms with van der Waals surface area (Å²) in [4.78, 5) is 0. The average molecular weight is 171 g/mol. The zero-order chi connectivity index (χ0) is 8.67. The first-order chi connectivity index (χ1) is 6.45. The molecule has 4 nitrogen and oxygen atoms in total. The van der Waals surface area contributed by atoms with Gasteiger partial charge < -0.3 is 0 Å². The molecule has 0 saturated carbocycles. The molecule has 0 aliphatic rings. The Morgan fingerprint density at radius 2 is 1.92 bits per heavy atom. The molecule has 4 heteroatoms. The summed E-state index contributed by atoms with van der Waals surface area (Å²) in [6, 6.07) is 11.9. The Labute approximate surface area is 73.8 Å². The van der Waals surface area contributed by atoms with E-state index in [9.17, 15) is 0 Å². The normalized spacial score (nSPS) is 11.1. The van der Waals surface area contributed by atoms with E-state index >= 15 is 0 Å². The number of nitrogens with zero attached hydrogens (tertiary/aromatic N) is 4. The van der Waals surface area contributed by atoms with Gasteiger partial charge in [-0.25, -0.2) is 0 Å². The Kier molecular flexibility index (Phi) is 1.14. The van der Waals surface area contributed by atoms with Gasteiger partial charge in [0.2, 0.25) is 0 Å². The molecule has 0 bridgehead atoms. The fraction of sp³-hybridized carbons (Fsp3) is 0. The zero-order valence-electron chi connectivity index (χ0n) is 6.75. The van der Waals surface area contributed by atoms with Gasteiger partial charge in [-0.1, -0.05) is 18.2 Å². The van der Waals surface area contributed by atoms with Crippen molar-refractivity contribution in [2.75, 3.05) is 0 Å². The first-order valence-electron chi connectivity index (χ1n) is 4.01. The molecule has 0 fully saturated rings. The third-order valence-electron chi connectivity index (χ3n) is 2.07. The van der Waals surface area contributed by atoms with E-state index in [1.54, 1.807) is 4.52 Å². The van der Waals surface area contributed by atoms with Gasteiger partial charge in [0, 0.05) is 5.39 Å². The lowest BCUT2D eigenvalue weighted by Crippen LogP contribution is -1.89. The van der Waals surface area contributed by atoms with Crippen molar-refractivity contribution >= 4 is 16.6 Å². The Balaban J connectivity index is 2.65. The fourth-order valence-corrected chi connectivity index (χ4v) is 1.46. The van der Waals surface area contributed by atoms with E-state index in [4.69, 9.17) is 0 Å². The molecule has 62 valence electrons. The first-order valence-corrected chi connectivity index (χ1v) is 4.01. The molecule has 2 heterocycles. The van der Waals surface area contributed by atoms with Crippen molar-refractivity contribution in [1.29, 1.82) is 0 Å². The van der Waals surface area contributed by atoms with Crippen molar-refractivity contribution in [3.05, 3.63) is 36.4 Å². The Morgan fingerprint density at radius 3 is 2.92 bits per heavy atom. The Hall–Kier alpha value is -1.97. The van der Waals surface area contributed by atoms with E-state index < -0.39 is 0 Å². The van der Waals surface area contributed by atoms with Crippen LogP contribution in [0.4, 0.5) is 0 Å². The number of hydrogen-bond donors (Lipinski definition) is 0. The lowest BCUT2D eigenvalue weighted by Gasteiger charge is -1.97. The van der Waals surface area contributed by atoms with Gasteiger partial charge in [-0.05, 0) is 28.6 Å². The number of hydrogen-bond acceptors (Lipinski definition) is 3. The first kappa shape index (κ1) is 6.54. The number of fused-ring (bicyclic) bond motifs is 3. The zero-order valence-corrected chi connectivity index (χ0v) is 6.75. The molecule has 0 saturated heterocycles. The predicted molar refractivity (Wildman–Crippen MR) is 48.3 cm³/mol. The van der Waals surface area contributed by atoms with Gasteiger partial charge in [0.05, 0.1) is 5.52 Å². The van der Waals surface area contributed by atoms with E-state index in [1.807, 2.05) is 36.4 Å². The summed E-state index contributed by atoms with van der Waals surface area (Å²) in [7, 11) is 0. The minimum Gasteiger partial charge on any atom is -0.193 e. The van der Waals surface area contributed by atoms with Gasteiger partial charge in [0.1, 0.15) is 0 Å². The van der Waals surface area contributed by atoms with E-state index in [0.717, 1.165) is 16.6 Å². The van der Waals surface area contributed by atoms with Crippen LogP contribution in [0.3, 0.4) is 0 Å². The van der Waals surface area contributed by atoms with Gasteiger partial charge in [-0.15, -0.1) is 5.10 Å². The minimum atomic E-state index is 0.777. The highest BCUT2D eigenvalue weighted by atomic mass is 15.8. The van der Waals surface area contributed by atoms with E-state index in [-0.39, 0.29) is 0 Å². The molecule has 0 aliphatic carbocycles. The van der Waals surface area contributed by atoms with Crippen LogP contribution in [0.2, 0.25) is 0 Å². The molecule has 1 aromatic carbocycles. The molecule has 0 unspecified atom stereocenters. The summed E-state index contributed by atoms with van der Waals surface area (Å²) in [5, 5.41) is 12.5. The smallest absolute Gasteiger partial charge is 0.179 e. The molecule has 0 atom stereocenters. The van der Waals surface area contributed by atoms with E-state index in [2.05, 4.69) is 15.5 Å². The topological polar surface area (TPSA) is 43.1 Å². The highest BCUT2D eigenvalue weighted by Gasteiger charge is 2.00. The summed E-state index contributed by atoms with van der Waals surface area (Å²) in [5.41, 5.74) is 1.81. The molecule has 2 aromatic heterocycles. The number of benzene rings is 1. The third kappa shape index (κ3) is 0.823. The molecular formula is C9H6N4. The fourth-order valence-electron chi connectivity index (χ4n) is 1.46. The second-order valence-corrected chi connectivity index (χ2v) is 2.84. The molecule has 0 spiro atoms. The van der Waals surface area contributed by atoms with Crippen LogP contribution in [0.5, 0.6) is 0 Å². The summed E-state index contributed by atoms with van der Waals surface area (Å²) < 4.78 is 1.73. The maximum Gasteiger partial charge on any atom is 0.179 e. The van der Waals surface area contributed by atoms with Crippen molar-refractivity contribution in [3.8, 4) is 0 Å². The van der Waals surface area contributed by atoms with Crippen LogP contribution in [-0.4, -0.2) is 20.0 Å². The number of rotatable bonds is 0. The third-order valence-corrected chi connectivity index (χ3v) is 2.07. The summed E-state index contributed by atoms with van der Waals surface area (Å²) >= 11 is 0. The summed E-state index contributed by atoms with van der Waals surface area (Å²) in [6.07, 6.45) is 0. The molecule has 0 N–H and O–H groups in total. The molecule has 0 amide bonds. The van der Waals surface area contributed by atoms with Crippen LogP contribution in [-0.2, 0) is 0 Å². The van der Waals surface area contributed by atoms with Crippen LogP contribution in [0.1, 0.15) is 0 Å². The lowest BCUT2D eigenvalue weighted by molar-refractivity contribution is 0.841. The standard InChI is InChI=1S/C9H6N4/c1-2-4-8-7(3-1)5-6-9-10-11-12-13(8)9/h1-6H/i10+1. The maximum absolute atomic E-state index is 3.90. The van der Waals surface area contributed by atoms with Crippen LogP contribution in [0.25, 0.3) is 16.6 Å². The SMILES string of the molecule is c1ccc2c(c1)ccc1[15n]nnn12. The number of pyridine rings is 1. The largest absolute Gasteiger partial charge is 0.193 e. The Morgan fingerprint density at radius 1 is 1.00 bits per heavy atom. The minimum absolute atomic E-state index is 0.777. The number of para-hydroxylation sites is 1. The van der Waals surface area contributed by atoms with Crippen molar-refractivity contribution < 1.29 is 0 Å². The van der Waals surface area contributed by atoms with Crippen LogP contribution < -0.4 is 0 Å². The van der Waals surface area contributed by atoms with Gasteiger partial charge in [-0.2, -0.15) is 4.52 Å². The van der Waals surface area contributed by atoms with E-state index in [0.29, 0.717) is 0 Å². The van der Waals surface area contributed by atoms with Crippen LogP contribution in [0, 0.1) is 0 Å². The van der Waals surface area contributed by atoms with Crippen LogP contribution in [0.15, 0.2) is 36.4 Å². The molecule has 0 aliphatic heterocycles. The average Bonchev–Trinajstić information content (AvgIpc) is 2.65. The highest BCUT2D eigenvalue weighted by Crippen LogP contribution is 2.13. The summed E-state index contributed by atoms with van der Waals surface area (Å²) in [6.45, 7) is 0. The number of tetrazole rings is 1. The molecule has 3 rings (SSSR count). The Bertz CT molecular complexity index is 570.